The summed E-state index contributed by atoms with van der Waals surface area (Å²) < 4.78 is 7.70. The van der Waals surface area contributed by atoms with E-state index in [4.69, 9.17) is 4.42 Å². The maximum Gasteiger partial charge on any atom is 0.257 e. The molecular weight excluding hydrogens is 298 g/mol. The molecule has 0 spiro atoms. The molecule has 0 saturated heterocycles. The summed E-state index contributed by atoms with van der Waals surface area (Å²) >= 11 is 1.59. The lowest BCUT2D eigenvalue weighted by Gasteiger charge is -2.24. The van der Waals surface area contributed by atoms with E-state index in [9.17, 15) is 0 Å². The third kappa shape index (κ3) is 3.10. The van der Waals surface area contributed by atoms with Crippen LogP contribution in [0.25, 0.3) is 10.8 Å². The second kappa shape index (κ2) is 6.41. The average molecular weight is 317 g/mol. The summed E-state index contributed by atoms with van der Waals surface area (Å²) in [6.45, 7) is 6.28. The molecule has 1 N–H and O–H groups in total. The molecule has 0 radical (unpaired) electrons. The van der Waals surface area contributed by atoms with Gasteiger partial charge in [-0.05, 0) is 38.3 Å². The summed E-state index contributed by atoms with van der Waals surface area (Å²) in [6, 6.07) is 6.30. The Morgan fingerprint density at radius 2 is 2.09 bits per heavy atom. The van der Waals surface area contributed by atoms with Gasteiger partial charge in [-0.3, -0.25) is 4.68 Å². The second-order valence-electron chi connectivity index (χ2n) is 5.33. The van der Waals surface area contributed by atoms with Gasteiger partial charge in [-0.25, -0.2) is 0 Å². The van der Waals surface area contributed by atoms with E-state index >= 15 is 0 Å². The Labute approximate surface area is 133 Å². The maximum absolute atomic E-state index is 5.76. The van der Waals surface area contributed by atoms with Gasteiger partial charge in [0, 0.05) is 18.4 Å². The third-order valence-corrected chi connectivity index (χ3v) is 4.58. The largest absolute Gasteiger partial charge is 0.418 e. The fraction of sp³-hybridized carbons (Fsp3) is 0.400. The fourth-order valence-electron chi connectivity index (χ4n) is 2.26. The molecule has 0 aliphatic carbocycles. The molecule has 3 atom stereocenters. The van der Waals surface area contributed by atoms with Crippen molar-refractivity contribution in [2.75, 3.05) is 0 Å². The highest BCUT2D eigenvalue weighted by atomic mass is 32.1. The van der Waals surface area contributed by atoms with Gasteiger partial charge in [0.1, 0.15) is 0 Å². The van der Waals surface area contributed by atoms with Gasteiger partial charge in [-0.15, -0.1) is 21.5 Å². The molecule has 0 aliphatic heterocycles. The Hall–Kier alpha value is -1.99. The van der Waals surface area contributed by atoms with Crippen molar-refractivity contribution in [3.8, 4) is 10.8 Å². The molecule has 0 fully saturated rings. The summed E-state index contributed by atoms with van der Waals surface area (Å²) in [5.41, 5.74) is 0. The number of rotatable bonds is 6. The van der Waals surface area contributed by atoms with Crippen molar-refractivity contribution >= 4 is 11.3 Å². The minimum atomic E-state index is -0.0192. The van der Waals surface area contributed by atoms with Crippen LogP contribution in [0.5, 0.6) is 0 Å². The van der Waals surface area contributed by atoms with Crippen LogP contribution in [0.15, 0.2) is 40.4 Å². The van der Waals surface area contributed by atoms with Crippen LogP contribution in [0.1, 0.15) is 38.7 Å². The van der Waals surface area contributed by atoms with Crippen LogP contribution in [0.3, 0.4) is 0 Å². The molecule has 0 amide bonds. The molecule has 3 rings (SSSR count). The summed E-state index contributed by atoms with van der Waals surface area (Å²) in [7, 11) is 0. The summed E-state index contributed by atoms with van der Waals surface area (Å²) in [5.74, 6) is 1.18. The van der Waals surface area contributed by atoms with E-state index in [1.54, 1.807) is 17.5 Å². The molecule has 7 heteroatoms. The van der Waals surface area contributed by atoms with Gasteiger partial charge >= 0.3 is 0 Å². The Morgan fingerprint density at radius 1 is 1.23 bits per heavy atom. The van der Waals surface area contributed by atoms with E-state index in [1.165, 1.54) is 0 Å². The first kappa shape index (κ1) is 14.9. The van der Waals surface area contributed by atoms with E-state index in [0.717, 1.165) is 4.88 Å². The monoisotopic (exact) mass is 317 g/mol. The van der Waals surface area contributed by atoms with Gasteiger partial charge in [0.25, 0.3) is 5.89 Å². The van der Waals surface area contributed by atoms with E-state index in [0.29, 0.717) is 11.8 Å². The van der Waals surface area contributed by atoms with E-state index in [-0.39, 0.29) is 18.1 Å². The Balaban J connectivity index is 1.65. The Morgan fingerprint density at radius 3 is 2.77 bits per heavy atom. The number of nitrogens with one attached hydrogen (secondary N) is 1. The van der Waals surface area contributed by atoms with Crippen LogP contribution in [0, 0.1) is 0 Å². The SMILES string of the molecule is C[C@H](N[C@@H](C)[C@@H](C)n1cccn1)c1nnc(-c2cccs2)o1. The highest BCUT2D eigenvalue weighted by Crippen LogP contribution is 2.25. The molecule has 3 aromatic rings. The molecule has 116 valence electrons. The summed E-state index contributed by atoms with van der Waals surface area (Å²) in [4.78, 5) is 0.990. The molecule has 0 unspecified atom stereocenters. The first-order valence-electron chi connectivity index (χ1n) is 7.27. The van der Waals surface area contributed by atoms with Crippen molar-refractivity contribution in [2.45, 2.75) is 38.9 Å². The van der Waals surface area contributed by atoms with Crippen molar-refractivity contribution in [1.82, 2.24) is 25.3 Å². The first-order valence-corrected chi connectivity index (χ1v) is 8.15. The lowest BCUT2D eigenvalue weighted by atomic mass is 10.1. The van der Waals surface area contributed by atoms with Gasteiger partial charge in [-0.2, -0.15) is 5.10 Å². The minimum Gasteiger partial charge on any atom is -0.418 e. The zero-order valence-electron chi connectivity index (χ0n) is 12.8. The van der Waals surface area contributed by atoms with Crippen LogP contribution in [0.4, 0.5) is 0 Å². The number of nitrogens with zero attached hydrogens (tertiary/aromatic N) is 4. The smallest absolute Gasteiger partial charge is 0.257 e. The first-order chi connectivity index (χ1) is 10.6. The Kier molecular flexibility index (Phi) is 4.35. The predicted octanol–water partition coefficient (Wildman–Crippen LogP) is 3.29. The topological polar surface area (TPSA) is 68.8 Å². The lowest BCUT2D eigenvalue weighted by Crippen LogP contribution is -2.35. The van der Waals surface area contributed by atoms with Crippen molar-refractivity contribution in [3.63, 3.8) is 0 Å². The molecule has 0 saturated carbocycles. The van der Waals surface area contributed by atoms with Crippen molar-refractivity contribution in [3.05, 3.63) is 41.9 Å². The van der Waals surface area contributed by atoms with Gasteiger partial charge in [0.05, 0.1) is 17.0 Å². The number of hydrogen-bond donors (Lipinski definition) is 1. The van der Waals surface area contributed by atoms with Crippen molar-refractivity contribution < 1.29 is 4.42 Å². The highest BCUT2D eigenvalue weighted by Gasteiger charge is 2.21. The van der Waals surface area contributed by atoms with Crippen LogP contribution in [-0.4, -0.2) is 26.0 Å². The van der Waals surface area contributed by atoms with Gasteiger partial charge in [0.2, 0.25) is 5.89 Å². The van der Waals surface area contributed by atoms with E-state index < -0.39 is 0 Å². The number of hydrogen-bond acceptors (Lipinski definition) is 6. The molecule has 3 heterocycles. The van der Waals surface area contributed by atoms with Gasteiger partial charge in [0.15, 0.2) is 0 Å². The normalized spacial score (nSPS) is 15.6. The minimum absolute atomic E-state index is 0.0192. The third-order valence-electron chi connectivity index (χ3n) is 3.72. The molecule has 6 nitrogen and oxygen atoms in total. The standard InChI is InChI=1S/C15H19N5OS/c1-10(12(3)20-8-5-7-16-20)17-11(2)14-18-19-15(21-14)13-6-4-9-22-13/h4-12,17H,1-3H3/t10-,11-,12+/m0/s1. The number of thiophene rings is 1. The van der Waals surface area contributed by atoms with Crippen LogP contribution in [-0.2, 0) is 0 Å². The van der Waals surface area contributed by atoms with Crippen LogP contribution in [0.2, 0.25) is 0 Å². The molecule has 22 heavy (non-hydrogen) atoms. The number of aromatic nitrogens is 4. The zero-order chi connectivity index (χ0) is 15.5. The second-order valence-corrected chi connectivity index (χ2v) is 6.27. The quantitative estimate of drug-likeness (QED) is 0.755. The summed E-state index contributed by atoms with van der Waals surface area (Å²) in [6.07, 6.45) is 3.76. The van der Waals surface area contributed by atoms with Crippen molar-refractivity contribution in [1.29, 1.82) is 0 Å². The van der Waals surface area contributed by atoms with E-state index in [2.05, 4.69) is 34.5 Å². The molecule has 0 aliphatic rings. The molecule has 0 bridgehead atoms. The molecule has 0 aromatic carbocycles. The zero-order valence-corrected chi connectivity index (χ0v) is 13.6. The van der Waals surface area contributed by atoms with Crippen LogP contribution >= 0.6 is 11.3 Å². The van der Waals surface area contributed by atoms with Crippen molar-refractivity contribution in [2.24, 2.45) is 0 Å². The maximum atomic E-state index is 5.76. The van der Waals surface area contributed by atoms with Gasteiger partial charge in [-0.1, -0.05) is 6.07 Å². The summed E-state index contributed by atoms with van der Waals surface area (Å²) in [5, 5.41) is 18.0. The highest BCUT2D eigenvalue weighted by molar-refractivity contribution is 7.13. The fourth-order valence-corrected chi connectivity index (χ4v) is 2.91. The predicted molar refractivity (Wildman–Crippen MR) is 85.6 cm³/mol. The Bertz CT molecular complexity index is 691. The van der Waals surface area contributed by atoms with Gasteiger partial charge < -0.3 is 9.73 Å². The van der Waals surface area contributed by atoms with Crippen LogP contribution < -0.4 is 5.32 Å². The average Bonchev–Trinajstić information content (AvgIpc) is 3.26. The lowest BCUT2D eigenvalue weighted by molar-refractivity contribution is 0.317. The molecular formula is C15H19N5OS. The molecule has 3 aromatic heterocycles. The van der Waals surface area contributed by atoms with E-state index in [1.807, 2.05) is 41.4 Å².